The Morgan fingerprint density at radius 1 is 0.971 bits per heavy atom. The van der Waals surface area contributed by atoms with E-state index in [1.165, 1.54) is 5.56 Å². The number of rotatable bonds is 6. The molecule has 3 heterocycles. The first-order chi connectivity index (χ1) is 16.9. The minimum Gasteiger partial charge on any atom is -0.507 e. The third-order valence-corrected chi connectivity index (χ3v) is 7.13. The largest absolute Gasteiger partial charge is 0.507 e. The van der Waals surface area contributed by atoms with Gasteiger partial charge in [0.25, 0.3) is 11.7 Å². The number of carbonyl (C=O) groups excluding carboxylic acids is 2. The van der Waals surface area contributed by atoms with E-state index in [0.717, 1.165) is 31.5 Å². The molecule has 0 aliphatic carbocycles. The zero-order valence-electron chi connectivity index (χ0n) is 20.3. The summed E-state index contributed by atoms with van der Waals surface area (Å²) in [6, 6.07) is 12.4. The van der Waals surface area contributed by atoms with E-state index in [1.54, 1.807) is 23.1 Å². The van der Waals surface area contributed by atoms with Crippen molar-refractivity contribution in [2.45, 2.75) is 38.6 Å². The van der Waals surface area contributed by atoms with Crippen LogP contribution in [0, 0.1) is 0 Å². The van der Waals surface area contributed by atoms with Gasteiger partial charge >= 0.3 is 0 Å². The van der Waals surface area contributed by atoms with E-state index in [2.05, 4.69) is 18.7 Å². The van der Waals surface area contributed by atoms with Crippen molar-refractivity contribution in [3.05, 3.63) is 64.7 Å². The molecule has 7 heteroatoms. The molecule has 2 fully saturated rings. The van der Waals surface area contributed by atoms with Crippen LogP contribution in [0.2, 0.25) is 0 Å². The molecule has 35 heavy (non-hydrogen) atoms. The standard InChI is InChI=1S/C28H32N2O5/c1-18(2)19-5-7-20(8-6-19)25-24(26(31)21-9-10-22-23(17-21)35-16-15-34-22)27(32)28(33)30(25)14-13-29-11-3-4-12-29/h5-10,17-18,25,31H,3-4,11-16H2,1-2H3/b26-24+. The van der Waals surface area contributed by atoms with Crippen LogP contribution < -0.4 is 9.47 Å². The second kappa shape index (κ2) is 9.74. The number of amides is 1. The van der Waals surface area contributed by atoms with E-state index in [0.29, 0.717) is 49.3 Å². The Labute approximate surface area is 205 Å². The third-order valence-electron chi connectivity index (χ3n) is 7.13. The van der Waals surface area contributed by atoms with E-state index in [4.69, 9.17) is 9.47 Å². The quantitative estimate of drug-likeness (QED) is 0.384. The van der Waals surface area contributed by atoms with Crippen molar-refractivity contribution in [3.63, 3.8) is 0 Å². The molecule has 2 saturated heterocycles. The second-order valence-electron chi connectivity index (χ2n) is 9.72. The topological polar surface area (TPSA) is 79.3 Å². The first kappa shape index (κ1) is 23.4. The summed E-state index contributed by atoms with van der Waals surface area (Å²) in [5, 5.41) is 11.4. The molecule has 1 amide bonds. The van der Waals surface area contributed by atoms with Gasteiger partial charge in [0.15, 0.2) is 11.5 Å². The number of aliphatic hydroxyl groups is 1. The van der Waals surface area contributed by atoms with Crippen LogP contribution >= 0.6 is 0 Å². The van der Waals surface area contributed by atoms with Crippen molar-refractivity contribution in [2.75, 3.05) is 39.4 Å². The minimum atomic E-state index is -0.656. The van der Waals surface area contributed by atoms with Crippen LogP contribution in [0.15, 0.2) is 48.0 Å². The van der Waals surface area contributed by atoms with Gasteiger partial charge in [0, 0.05) is 18.7 Å². The lowest BCUT2D eigenvalue weighted by molar-refractivity contribution is -0.140. The van der Waals surface area contributed by atoms with E-state index in [1.807, 2.05) is 24.3 Å². The molecule has 0 radical (unpaired) electrons. The third kappa shape index (κ3) is 4.52. The lowest BCUT2D eigenvalue weighted by Crippen LogP contribution is -2.37. The number of Topliss-reactive ketones (excluding diaryl/α,β-unsaturated/α-hetero) is 1. The van der Waals surface area contributed by atoms with Crippen molar-refractivity contribution in [1.29, 1.82) is 0 Å². The molecule has 0 bridgehead atoms. The predicted molar refractivity (Wildman–Crippen MR) is 133 cm³/mol. The molecule has 2 aromatic rings. The summed E-state index contributed by atoms with van der Waals surface area (Å²) in [5.41, 5.74) is 2.53. The maximum atomic E-state index is 13.3. The maximum absolute atomic E-state index is 13.3. The Kier molecular flexibility index (Phi) is 6.52. The molecule has 7 nitrogen and oxygen atoms in total. The summed E-state index contributed by atoms with van der Waals surface area (Å²) in [7, 11) is 0. The minimum absolute atomic E-state index is 0.116. The Bertz CT molecular complexity index is 1150. The Morgan fingerprint density at radius 3 is 2.34 bits per heavy atom. The highest BCUT2D eigenvalue weighted by Crippen LogP contribution is 2.41. The molecule has 1 atom stereocenters. The first-order valence-electron chi connectivity index (χ1n) is 12.4. The molecule has 0 spiro atoms. The lowest BCUT2D eigenvalue weighted by atomic mass is 9.93. The highest BCUT2D eigenvalue weighted by molar-refractivity contribution is 6.46. The van der Waals surface area contributed by atoms with Gasteiger partial charge in [-0.1, -0.05) is 38.1 Å². The molecule has 0 saturated carbocycles. The fraction of sp³-hybridized carbons (Fsp3) is 0.429. The molecule has 3 aliphatic rings. The number of nitrogens with zero attached hydrogens (tertiary/aromatic N) is 2. The van der Waals surface area contributed by atoms with Gasteiger partial charge in [-0.15, -0.1) is 0 Å². The molecule has 2 aromatic carbocycles. The molecular formula is C28H32N2O5. The molecular weight excluding hydrogens is 444 g/mol. The Hall–Kier alpha value is -3.32. The van der Waals surface area contributed by atoms with Crippen molar-refractivity contribution >= 4 is 17.4 Å². The Balaban J connectivity index is 1.55. The number of ketones is 1. The van der Waals surface area contributed by atoms with Crippen molar-refractivity contribution in [2.24, 2.45) is 0 Å². The summed E-state index contributed by atoms with van der Waals surface area (Å²) in [4.78, 5) is 30.4. The van der Waals surface area contributed by atoms with Crippen LogP contribution in [0.5, 0.6) is 11.5 Å². The van der Waals surface area contributed by atoms with E-state index in [-0.39, 0.29) is 11.3 Å². The van der Waals surface area contributed by atoms with Gasteiger partial charge < -0.3 is 24.4 Å². The van der Waals surface area contributed by atoms with Gasteiger partial charge in [-0.25, -0.2) is 0 Å². The SMILES string of the molecule is CC(C)c1ccc(C2/C(=C(\O)c3ccc4c(c3)OCCO4)C(=O)C(=O)N2CCN2CCCC2)cc1. The number of likely N-dealkylation sites (tertiary alicyclic amines) is 2. The average molecular weight is 477 g/mol. The van der Waals surface area contributed by atoms with Crippen LogP contribution in [-0.4, -0.2) is 66.0 Å². The molecule has 3 aliphatic heterocycles. The monoisotopic (exact) mass is 476 g/mol. The number of hydrogen-bond donors (Lipinski definition) is 1. The molecule has 0 aromatic heterocycles. The molecule has 1 N–H and O–H groups in total. The summed E-state index contributed by atoms with van der Waals surface area (Å²) in [6.07, 6.45) is 2.31. The summed E-state index contributed by atoms with van der Waals surface area (Å²) < 4.78 is 11.2. The normalized spacial score (nSPS) is 21.8. The first-order valence-corrected chi connectivity index (χ1v) is 12.4. The van der Waals surface area contributed by atoms with Crippen LogP contribution in [0.4, 0.5) is 0 Å². The van der Waals surface area contributed by atoms with Gasteiger partial charge in [0.05, 0.1) is 11.6 Å². The Morgan fingerprint density at radius 2 is 1.66 bits per heavy atom. The fourth-order valence-corrected chi connectivity index (χ4v) is 5.12. The van der Waals surface area contributed by atoms with Gasteiger partial charge in [-0.2, -0.15) is 0 Å². The van der Waals surface area contributed by atoms with Crippen LogP contribution in [0.1, 0.15) is 55.3 Å². The number of carbonyl (C=O) groups is 2. The molecule has 184 valence electrons. The fourth-order valence-electron chi connectivity index (χ4n) is 5.12. The summed E-state index contributed by atoms with van der Waals surface area (Å²) in [6.45, 7) is 8.28. The van der Waals surface area contributed by atoms with Crippen molar-refractivity contribution < 1.29 is 24.2 Å². The number of fused-ring (bicyclic) bond motifs is 1. The number of hydrogen-bond acceptors (Lipinski definition) is 6. The van der Waals surface area contributed by atoms with E-state index < -0.39 is 17.7 Å². The summed E-state index contributed by atoms with van der Waals surface area (Å²) in [5.74, 6) is 0.0595. The highest BCUT2D eigenvalue weighted by atomic mass is 16.6. The number of benzene rings is 2. The van der Waals surface area contributed by atoms with Gasteiger partial charge in [0.2, 0.25) is 0 Å². The maximum Gasteiger partial charge on any atom is 0.295 e. The summed E-state index contributed by atoms with van der Waals surface area (Å²) >= 11 is 0. The van der Waals surface area contributed by atoms with Crippen LogP contribution in [0.25, 0.3) is 5.76 Å². The molecule has 1 unspecified atom stereocenters. The van der Waals surface area contributed by atoms with Crippen molar-refractivity contribution in [1.82, 2.24) is 9.80 Å². The smallest absolute Gasteiger partial charge is 0.295 e. The van der Waals surface area contributed by atoms with Crippen LogP contribution in [-0.2, 0) is 9.59 Å². The average Bonchev–Trinajstić information content (AvgIpc) is 3.48. The van der Waals surface area contributed by atoms with Gasteiger partial charge in [0.1, 0.15) is 19.0 Å². The zero-order chi connectivity index (χ0) is 24.5. The highest BCUT2D eigenvalue weighted by Gasteiger charge is 2.46. The number of ether oxygens (including phenoxy) is 2. The predicted octanol–water partition coefficient (Wildman–Crippen LogP) is 4.10. The van der Waals surface area contributed by atoms with E-state index >= 15 is 0 Å². The van der Waals surface area contributed by atoms with Gasteiger partial charge in [-0.05, 0) is 61.2 Å². The zero-order valence-corrected chi connectivity index (χ0v) is 20.3. The van der Waals surface area contributed by atoms with Crippen molar-refractivity contribution in [3.8, 4) is 11.5 Å². The van der Waals surface area contributed by atoms with Crippen LogP contribution in [0.3, 0.4) is 0 Å². The second-order valence-corrected chi connectivity index (χ2v) is 9.72. The lowest BCUT2D eigenvalue weighted by Gasteiger charge is -2.27. The van der Waals surface area contributed by atoms with E-state index in [9.17, 15) is 14.7 Å². The molecule has 5 rings (SSSR count). The van der Waals surface area contributed by atoms with Gasteiger partial charge in [-0.3, -0.25) is 9.59 Å². The number of aliphatic hydroxyl groups excluding tert-OH is 1.